The van der Waals surface area contributed by atoms with Gasteiger partial charge in [0.2, 0.25) is 0 Å². The summed E-state index contributed by atoms with van der Waals surface area (Å²) in [4.78, 5) is 16.4. The number of nitrogen functional groups attached to an aromatic ring is 1. The minimum Gasteiger partial charge on any atom is -0.398 e. The van der Waals surface area contributed by atoms with Gasteiger partial charge in [0.1, 0.15) is 0 Å². The monoisotopic (exact) mass is 341 g/mol. The van der Waals surface area contributed by atoms with E-state index in [1.165, 1.54) is 0 Å². The van der Waals surface area contributed by atoms with E-state index < -0.39 is 0 Å². The number of halogens is 1. The van der Waals surface area contributed by atoms with Crippen LogP contribution in [0.4, 0.5) is 11.4 Å². The number of carbonyl (C=O) groups is 1. The van der Waals surface area contributed by atoms with Crippen molar-refractivity contribution in [1.82, 2.24) is 4.98 Å². The van der Waals surface area contributed by atoms with E-state index in [9.17, 15) is 4.79 Å². The van der Waals surface area contributed by atoms with Crippen LogP contribution < -0.4 is 11.1 Å². The number of benzene rings is 2. The van der Waals surface area contributed by atoms with Gasteiger partial charge in [-0.15, -0.1) is 0 Å². The number of fused-ring (bicyclic) bond motifs is 1. The van der Waals surface area contributed by atoms with E-state index in [4.69, 9.17) is 5.73 Å². The SMILES string of the molecule is Nc1ccc(C(=O)Nc2cccc3cnccc23)cc1Br. The van der Waals surface area contributed by atoms with Crippen molar-refractivity contribution in [1.29, 1.82) is 0 Å². The third-order valence-corrected chi connectivity index (χ3v) is 3.88. The molecule has 0 aliphatic heterocycles. The molecule has 3 rings (SSSR count). The lowest BCUT2D eigenvalue weighted by atomic mass is 10.1. The molecule has 0 fully saturated rings. The summed E-state index contributed by atoms with van der Waals surface area (Å²) in [5, 5.41) is 4.85. The number of nitrogens with one attached hydrogen (secondary N) is 1. The van der Waals surface area contributed by atoms with E-state index >= 15 is 0 Å². The molecule has 0 bridgehead atoms. The van der Waals surface area contributed by atoms with E-state index in [0.29, 0.717) is 15.7 Å². The number of anilines is 2. The van der Waals surface area contributed by atoms with Crippen LogP contribution in [0.2, 0.25) is 0 Å². The molecule has 1 heterocycles. The van der Waals surface area contributed by atoms with E-state index in [2.05, 4.69) is 26.2 Å². The second kappa shape index (κ2) is 5.54. The number of rotatable bonds is 2. The fraction of sp³-hybridized carbons (Fsp3) is 0. The average molecular weight is 342 g/mol. The highest BCUT2D eigenvalue weighted by Gasteiger charge is 2.09. The van der Waals surface area contributed by atoms with Gasteiger partial charge in [0.15, 0.2) is 0 Å². The lowest BCUT2D eigenvalue weighted by Crippen LogP contribution is -2.12. The predicted octanol–water partition coefficient (Wildman–Crippen LogP) is 3.83. The molecule has 0 aliphatic rings. The predicted molar refractivity (Wildman–Crippen MR) is 88.3 cm³/mol. The summed E-state index contributed by atoms with van der Waals surface area (Å²) in [6, 6.07) is 12.7. The molecule has 0 saturated heterocycles. The van der Waals surface area contributed by atoms with Gasteiger partial charge in [-0.3, -0.25) is 9.78 Å². The number of hydrogen-bond acceptors (Lipinski definition) is 3. The Morgan fingerprint density at radius 1 is 1.19 bits per heavy atom. The Kier molecular flexibility index (Phi) is 3.58. The van der Waals surface area contributed by atoms with Gasteiger partial charge >= 0.3 is 0 Å². The van der Waals surface area contributed by atoms with Crippen molar-refractivity contribution < 1.29 is 4.79 Å². The van der Waals surface area contributed by atoms with Crippen LogP contribution in [0.15, 0.2) is 59.3 Å². The number of nitrogens with two attached hydrogens (primary N) is 1. The number of carbonyl (C=O) groups excluding carboxylic acids is 1. The summed E-state index contributed by atoms with van der Waals surface area (Å²) < 4.78 is 0.706. The maximum absolute atomic E-state index is 12.3. The molecule has 5 heteroatoms. The van der Waals surface area contributed by atoms with Crippen molar-refractivity contribution >= 4 is 44.0 Å². The largest absolute Gasteiger partial charge is 0.398 e. The van der Waals surface area contributed by atoms with Crippen molar-refractivity contribution in [2.24, 2.45) is 0 Å². The summed E-state index contributed by atoms with van der Waals surface area (Å²) in [6.07, 6.45) is 3.47. The van der Waals surface area contributed by atoms with Crippen molar-refractivity contribution in [3.63, 3.8) is 0 Å². The standard InChI is InChI=1S/C16H12BrN3O/c17-13-8-10(4-5-14(13)18)16(21)20-15-3-1-2-11-9-19-7-6-12(11)15/h1-9H,18H2,(H,20,21). The first kappa shape index (κ1) is 13.6. The lowest BCUT2D eigenvalue weighted by molar-refractivity contribution is 0.102. The van der Waals surface area contributed by atoms with Crippen LogP contribution in [0.3, 0.4) is 0 Å². The number of nitrogens with zero attached hydrogens (tertiary/aromatic N) is 1. The number of aromatic nitrogens is 1. The first-order valence-electron chi connectivity index (χ1n) is 6.34. The molecular weight excluding hydrogens is 330 g/mol. The average Bonchev–Trinajstić information content (AvgIpc) is 2.50. The molecule has 3 N–H and O–H groups in total. The maximum atomic E-state index is 12.3. The van der Waals surface area contributed by atoms with Crippen LogP contribution in [0.25, 0.3) is 10.8 Å². The summed E-state index contributed by atoms with van der Waals surface area (Å²) >= 11 is 3.33. The van der Waals surface area contributed by atoms with E-state index in [-0.39, 0.29) is 5.91 Å². The molecule has 4 nitrogen and oxygen atoms in total. The van der Waals surface area contributed by atoms with Crippen LogP contribution in [0.1, 0.15) is 10.4 Å². The summed E-state index contributed by atoms with van der Waals surface area (Å²) in [5.41, 5.74) is 7.63. The zero-order valence-electron chi connectivity index (χ0n) is 11.0. The fourth-order valence-electron chi connectivity index (χ4n) is 2.09. The van der Waals surface area contributed by atoms with E-state index in [1.54, 1.807) is 30.6 Å². The van der Waals surface area contributed by atoms with Crippen molar-refractivity contribution in [3.8, 4) is 0 Å². The Bertz CT molecular complexity index is 827. The molecule has 21 heavy (non-hydrogen) atoms. The molecule has 0 saturated carbocycles. The smallest absolute Gasteiger partial charge is 0.255 e. The molecule has 1 amide bonds. The highest BCUT2D eigenvalue weighted by molar-refractivity contribution is 9.10. The van der Waals surface area contributed by atoms with Crippen molar-refractivity contribution in [2.75, 3.05) is 11.1 Å². The Labute approximate surface area is 130 Å². The Balaban J connectivity index is 1.94. The zero-order valence-corrected chi connectivity index (χ0v) is 12.6. The third-order valence-electron chi connectivity index (χ3n) is 3.19. The highest BCUT2D eigenvalue weighted by atomic mass is 79.9. The zero-order chi connectivity index (χ0) is 14.8. The maximum Gasteiger partial charge on any atom is 0.255 e. The van der Waals surface area contributed by atoms with Gasteiger partial charge in [-0.1, -0.05) is 12.1 Å². The first-order valence-corrected chi connectivity index (χ1v) is 7.13. The lowest BCUT2D eigenvalue weighted by Gasteiger charge is -2.09. The molecule has 0 spiro atoms. The molecule has 0 unspecified atom stereocenters. The van der Waals surface area contributed by atoms with Gasteiger partial charge in [0, 0.05) is 44.6 Å². The van der Waals surface area contributed by atoms with Gasteiger partial charge in [0.25, 0.3) is 5.91 Å². The number of hydrogen-bond donors (Lipinski definition) is 2. The van der Waals surface area contributed by atoms with Crippen LogP contribution in [0, 0.1) is 0 Å². The quantitative estimate of drug-likeness (QED) is 0.696. The number of pyridine rings is 1. The molecular formula is C16H12BrN3O. The normalized spacial score (nSPS) is 10.5. The van der Waals surface area contributed by atoms with Crippen LogP contribution >= 0.6 is 15.9 Å². The third kappa shape index (κ3) is 2.73. The molecule has 3 aromatic rings. The highest BCUT2D eigenvalue weighted by Crippen LogP contribution is 2.24. The Morgan fingerprint density at radius 2 is 2.05 bits per heavy atom. The van der Waals surface area contributed by atoms with Gasteiger partial charge in [-0.2, -0.15) is 0 Å². The Morgan fingerprint density at radius 3 is 2.86 bits per heavy atom. The molecule has 104 valence electrons. The molecule has 2 aromatic carbocycles. The summed E-state index contributed by atoms with van der Waals surface area (Å²) in [5.74, 6) is -0.181. The van der Waals surface area contributed by atoms with Crippen LogP contribution in [-0.2, 0) is 0 Å². The van der Waals surface area contributed by atoms with E-state index in [1.807, 2.05) is 24.3 Å². The van der Waals surface area contributed by atoms with Crippen molar-refractivity contribution in [2.45, 2.75) is 0 Å². The van der Waals surface area contributed by atoms with Gasteiger partial charge < -0.3 is 11.1 Å². The minimum absolute atomic E-state index is 0.181. The molecule has 0 atom stereocenters. The van der Waals surface area contributed by atoms with Crippen LogP contribution in [0.5, 0.6) is 0 Å². The van der Waals surface area contributed by atoms with E-state index in [0.717, 1.165) is 16.5 Å². The van der Waals surface area contributed by atoms with Gasteiger partial charge in [-0.25, -0.2) is 0 Å². The van der Waals surface area contributed by atoms with Crippen molar-refractivity contribution in [3.05, 3.63) is 64.9 Å². The molecule has 1 aromatic heterocycles. The second-order valence-electron chi connectivity index (χ2n) is 4.59. The topological polar surface area (TPSA) is 68.0 Å². The fourth-order valence-corrected chi connectivity index (χ4v) is 2.47. The number of amides is 1. The molecule has 0 aliphatic carbocycles. The van der Waals surface area contributed by atoms with Gasteiger partial charge in [0.05, 0.1) is 0 Å². The van der Waals surface area contributed by atoms with Crippen LogP contribution in [-0.4, -0.2) is 10.9 Å². The first-order chi connectivity index (χ1) is 10.1. The summed E-state index contributed by atoms with van der Waals surface area (Å²) in [6.45, 7) is 0. The van der Waals surface area contributed by atoms with Gasteiger partial charge in [-0.05, 0) is 46.3 Å². The Hall–Kier alpha value is -2.40. The minimum atomic E-state index is -0.181. The second-order valence-corrected chi connectivity index (χ2v) is 5.45. The molecule has 0 radical (unpaired) electrons. The summed E-state index contributed by atoms with van der Waals surface area (Å²) in [7, 11) is 0.